The van der Waals surface area contributed by atoms with Crippen LogP contribution in [0.4, 0.5) is 0 Å². The van der Waals surface area contributed by atoms with Gasteiger partial charge in [-0.1, -0.05) is 202 Å². The molecule has 336 valence electrons. The van der Waals surface area contributed by atoms with Crippen molar-refractivity contribution in [1.82, 2.24) is 9.55 Å². The fourth-order valence-corrected chi connectivity index (χ4v) is 12.6. The molecule has 0 aliphatic heterocycles. The molecule has 0 saturated carbocycles. The van der Waals surface area contributed by atoms with Crippen molar-refractivity contribution >= 4 is 75.7 Å². The van der Waals surface area contributed by atoms with Crippen molar-refractivity contribution in [3.63, 3.8) is 0 Å². The Kier molecular flexibility index (Phi) is 8.74. The maximum atomic E-state index is 5.21. The van der Waals surface area contributed by atoms with E-state index in [-0.39, 0.29) is 5.41 Å². The quantitative estimate of drug-likeness (QED) is 0.124. The van der Waals surface area contributed by atoms with Crippen molar-refractivity contribution < 1.29 is 0 Å². The summed E-state index contributed by atoms with van der Waals surface area (Å²) in [6, 6.07) is 90.2. The van der Waals surface area contributed by atoms with Gasteiger partial charge in [-0.25, -0.2) is 4.98 Å². The first-order chi connectivity index (χ1) is 35.5. The van der Waals surface area contributed by atoms with E-state index < -0.39 is 0 Å². The number of nitrogens with zero attached hydrogens (tertiary/aromatic N) is 2. The van der Waals surface area contributed by atoms with Crippen LogP contribution in [0, 0.1) is 0 Å². The van der Waals surface area contributed by atoms with E-state index in [0.29, 0.717) is 0 Å². The fourth-order valence-electron chi connectivity index (χ4n) is 12.6. The van der Waals surface area contributed by atoms with Crippen LogP contribution in [-0.4, -0.2) is 9.55 Å². The molecule has 0 amide bonds. The summed E-state index contributed by atoms with van der Waals surface area (Å²) in [5, 5.41) is 15.0. The zero-order valence-corrected chi connectivity index (χ0v) is 40.0. The molecule has 0 N–H and O–H groups in total. The monoisotopic (exact) mass is 914 g/mol. The highest BCUT2D eigenvalue weighted by Gasteiger charge is 2.36. The van der Waals surface area contributed by atoms with E-state index in [1.807, 2.05) is 0 Å². The lowest BCUT2D eigenvalue weighted by Gasteiger charge is -2.25. The van der Waals surface area contributed by atoms with Gasteiger partial charge in [-0.15, -0.1) is 0 Å². The van der Waals surface area contributed by atoms with Crippen molar-refractivity contribution in [3.8, 4) is 61.6 Å². The van der Waals surface area contributed by atoms with Gasteiger partial charge < -0.3 is 0 Å². The van der Waals surface area contributed by atoms with E-state index in [1.165, 1.54) is 115 Å². The summed E-state index contributed by atoms with van der Waals surface area (Å²) in [6.07, 6.45) is 0. The largest absolute Gasteiger partial charge is 0.292 e. The van der Waals surface area contributed by atoms with Crippen LogP contribution in [0.25, 0.3) is 137 Å². The molecule has 13 aromatic carbocycles. The first kappa shape index (κ1) is 40.7. The fraction of sp³-hybridized carbons (Fsp3) is 0.0429. The number of hydrogen-bond donors (Lipinski definition) is 0. The Bertz CT molecular complexity index is 4570. The van der Waals surface area contributed by atoms with Gasteiger partial charge in [0.15, 0.2) is 0 Å². The minimum atomic E-state index is -0.196. The van der Waals surface area contributed by atoms with Gasteiger partial charge in [0.2, 0.25) is 0 Å². The second-order valence-corrected chi connectivity index (χ2v) is 20.2. The van der Waals surface area contributed by atoms with Crippen LogP contribution >= 0.6 is 0 Å². The van der Waals surface area contributed by atoms with Crippen LogP contribution in [0.3, 0.4) is 0 Å². The minimum Gasteiger partial charge on any atom is -0.292 e. The number of para-hydroxylation sites is 3. The summed E-state index contributed by atoms with van der Waals surface area (Å²) >= 11 is 0. The molecular weight excluding hydrogens is 869 g/mol. The molecule has 1 heterocycles. The molecule has 1 aromatic heterocycles. The lowest BCUT2D eigenvalue weighted by Crippen LogP contribution is -2.14. The van der Waals surface area contributed by atoms with Gasteiger partial charge in [0.05, 0.1) is 11.0 Å². The Labute approximate surface area is 417 Å². The molecule has 0 radical (unpaired) electrons. The standard InChI is InChI=1S/C70H46N2/c1-70(2)63-29-15-14-28-55(63)57-41-61-62(42-64(57)70)68(59-40-47-19-7-9-23-50(47)52-25-11-13-27-54(52)59)60-38-45(36-37-56(60)67(61)58-39-46-18-6-8-22-49(46)51-24-10-12-26-53(51)58)43-32-34-44(35-33-43)69-71-65-30-16-17-31-66(65)72(69)48-20-4-3-5-21-48/h3-42H,1-2H3. The lowest BCUT2D eigenvalue weighted by molar-refractivity contribution is 0.661. The molecule has 1 aliphatic rings. The predicted molar refractivity (Wildman–Crippen MR) is 305 cm³/mol. The molecule has 0 fully saturated rings. The molecule has 72 heavy (non-hydrogen) atoms. The van der Waals surface area contributed by atoms with Gasteiger partial charge in [-0.3, -0.25) is 4.57 Å². The van der Waals surface area contributed by atoms with Gasteiger partial charge in [-0.05, 0) is 175 Å². The Morgan fingerprint density at radius 2 is 0.833 bits per heavy atom. The summed E-state index contributed by atoms with van der Waals surface area (Å²) in [5.41, 5.74) is 16.8. The normalized spacial score (nSPS) is 13.0. The van der Waals surface area contributed by atoms with Gasteiger partial charge in [0.25, 0.3) is 0 Å². The molecule has 1 aliphatic carbocycles. The molecule has 2 nitrogen and oxygen atoms in total. The molecule has 14 aromatic rings. The highest BCUT2D eigenvalue weighted by atomic mass is 15.1. The molecule has 0 saturated heterocycles. The van der Waals surface area contributed by atoms with Crippen LogP contribution in [0.15, 0.2) is 243 Å². The van der Waals surface area contributed by atoms with E-state index in [9.17, 15) is 0 Å². The third kappa shape index (κ3) is 5.93. The van der Waals surface area contributed by atoms with Gasteiger partial charge in [0, 0.05) is 16.7 Å². The molecule has 15 rings (SSSR count). The van der Waals surface area contributed by atoms with E-state index in [0.717, 1.165) is 33.7 Å². The van der Waals surface area contributed by atoms with E-state index in [1.54, 1.807) is 0 Å². The summed E-state index contributed by atoms with van der Waals surface area (Å²) in [5.74, 6) is 0.925. The number of fused-ring (bicyclic) bond motifs is 12. The van der Waals surface area contributed by atoms with E-state index in [4.69, 9.17) is 4.98 Å². The Morgan fingerprint density at radius 1 is 0.319 bits per heavy atom. The van der Waals surface area contributed by atoms with E-state index >= 15 is 0 Å². The Balaban J connectivity index is 1.06. The van der Waals surface area contributed by atoms with Crippen molar-refractivity contribution in [3.05, 3.63) is 254 Å². The summed E-state index contributed by atoms with van der Waals surface area (Å²) in [4.78, 5) is 5.21. The topological polar surface area (TPSA) is 17.8 Å². The van der Waals surface area contributed by atoms with Crippen molar-refractivity contribution in [2.24, 2.45) is 0 Å². The van der Waals surface area contributed by atoms with Crippen LogP contribution in [0.5, 0.6) is 0 Å². The molecule has 0 spiro atoms. The average Bonchev–Trinajstić information content (AvgIpc) is 3.93. The summed E-state index contributed by atoms with van der Waals surface area (Å²) in [7, 11) is 0. The summed E-state index contributed by atoms with van der Waals surface area (Å²) in [6.45, 7) is 4.81. The first-order valence-corrected chi connectivity index (χ1v) is 25.1. The maximum Gasteiger partial charge on any atom is 0.145 e. The van der Waals surface area contributed by atoms with E-state index in [2.05, 4.69) is 261 Å². The Hall–Kier alpha value is -9.11. The highest BCUT2D eigenvalue weighted by molar-refractivity contribution is 6.29. The second-order valence-electron chi connectivity index (χ2n) is 20.2. The average molecular weight is 915 g/mol. The molecular formula is C70H46N2. The van der Waals surface area contributed by atoms with Gasteiger partial charge in [0.1, 0.15) is 5.82 Å². The summed E-state index contributed by atoms with van der Waals surface area (Å²) < 4.78 is 2.28. The second kappa shape index (κ2) is 15.4. The van der Waals surface area contributed by atoms with Crippen LogP contribution in [0.1, 0.15) is 25.0 Å². The third-order valence-electron chi connectivity index (χ3n) is 15.9. The number of benzene rings is 13. The smallest absolute Gasteiger partial charge is 0.145 e. The van der Waals surface area contributed by atoms with Crippen molar-refractivity contribution in [2.75, 3.05) is 0 Å². The lowest BCUT2D eigenvalue weighted by atomic mass is 9.78. The zero-order chi connectivity index (χ0) is 47.7. The SMILES string of the molecule is CC1(C)c2ccccc2-c2cc3c(-c4cc5ccccc5c5ccccc45)c4ccc(-c5ccc(-c6nc7ccccc7n6-c6ccccc6)cc5)cc4c(-c4cc5ccccc5c5ccccc45)c3cc21. The zero-order valence-electron chi connectivity index (χ0n) is 40.0. The van der Waals surface area contributed by atoms with Crippen molar-refractivity contribution in [2.45, 2.75) is 19.3 Å². The molecule has 2 heteroatoms. The molecule has 0 bridgehead atoms. The maximum absolute atomic E-state index is 5.21. The number of imidazole rings is 1. The first-order valence-electron chi connectivity index (χ1n) is 25.1. The Morgan fingerprint density at radius 3 is 1.53 bits per heavy atom. The number of aromatic nitrogens is 2. The minimum absolute atomic E-state index is 0.196. The van der Waals surface area contributed by atoms with Crippen LogP contribution in [-0.2, 0) is 5.41 Å². The number of rotatable bonds is 5. The van der Waals surface area contributed by atoms with Crippen LogP contribution in [0.2, 0.25) is 0 Å². The van der Waals surface area contributed by atoms with Gasteiger partial charge in [-0.2, -0.15) is 0 Å². The number of hydrogen-bond acceptors (Lipinski definition) is 1. The predicted octanol–water partition coefficient (Wildman–Crippen LogP) is 18.9. The third-order valence-corrected chi connectivity index (χ3v) is 15.9. The molecule has 0 unspecified atom stereocenters. The highest BCUT2D eigenvalue weighted by Crippen LogP contribution is 2.55. The van der Waals surface area contributed by atoms with Crippen LogP contribution < -0.4 is 0 Å². The molecule has 0 atom stereocenters. The van der Waals surface area contributed by atoms with Gasteiger partial charge >= 0.3 is 0 Å². The van der Waals surface area contributed by atoms with Crippen molar-refractivity contribution in [1.29, 1.82) is 0 Å².